The summed E-state index contributed by atoms with van der Waals surface area (Å²) in [5, 5.41) is 4.91. The van der Waals surface area contributed by atoms with Gasteiger partial charge in [0.05, 0.1) is 4.90 Å². The summed E-state index contributed by atoms with van der Waals surface area (Å²) in [6.45, 7) is 0.912. The highest BCUT2D eigenvalue weighted by Gasteiger charge is 2.37. The molecule has 1 fully saturated rings. The first kappa shape index (κ1) is 18.1. The lowest BCUT2D eigenvalue weighted by molar-refractivity contribution is -0.125. The van der Waals surface area contributed by atoms with Gasteiger partial charge in [0, 0.05) is 18.0 Å². The Hall–Kier alpha value is -1.70. The molecule has 1 aliphatic heterocycles. The Morgan fingerprint density at radius 2 is 1.96 bits per heavy atom. The topological polar surface area (TPSA) is 66.5 Å². The number of hydrogen-bond acceptors (Lipinski definition) is 4. The number of amides is 1. The van der Waals surface area contributed by atoms with Crippen molar-refractivity contribution in [3.63, 3.8) is 0 Å². The predicted octanol–water partition coefficient (Wildman–Crippen LogP) is 2.65. The Bertz CT molecular complexity index is 789. The van der Waals surface area contributed by atoms with Gasteiger partial charge >= 0.3 is 0 Å². The number of piperidine rings is 1. The van der Waals surface area contributed by atoms with Gasteiger partial charge in [-0.1, -0.05) is 30.7 Å². The van der Waals surface area contributed by atoms with Crippen molar-refractivity contribution in [3.05, 3.63) is 52.7 Å². The molecule has 2 aromatic rings. The van der Waals surface area contributed by atoms with Crippen LogP contribution >= 0.6 is 11.3 Å². The average Bonchev–Trinajstić information content (AvgIpc) is 3.16. The number of hydrogen-bond donors (Lipinski definition) is 1. The lowest BCUT2D eigenvalue weighted by Crippen LogP contribution is -2.52. The fraction of sp³-hybridized carbons (Fsp3) is 0.389. The molecule has 1 aromatic heterocycles. The highest BCUT2D eigenvalue weighted by Crippen LogP contribution is 2.25. The minimum Gasteiger partial charge on any atom is -0.354 e. The number of carbonyl (C=O) groups excluding carboxylic acids is 1. The van der Waals surface area contributed by atoms with Gasteiger partial charge in [-0.2, -0.15) is 4.31 Å². The maximum Gasteiger partial charge on any atom is 0.243 e. The van der Waals surface area contributed by atoms with E-state index in [2.05, 4.69) is 5.32 Å². The maximum absolute atomic E-state index is 12.9. The second-order valence-corrected chi connectivity index (χ2v) is 8.98. The Balaban J connectivity index is 1.69. The first-order valence-corrected chi connectivity index (χ1v) is 10.8. The van der Waals surface area contributed by atoms with Crippen LogP contribution in [-0.4, -0.2) is 37.8 Å². The third-order valence-electron chi connectivity index (χ3n) is 4.36. The Morgan fingerprint density at radius 3 is 2.68 bits per heavy atom. The molecule has 0 saturated carbocycles. The second kappa shape index (κ2) is 8.12. The van der Waals surface area contributed by atoms with Crippen molar-refractivity contribution < 1.29 is 13.2 Å². The summed E-state index contributed by atoms with van der Waals surface area (Å²) in [4.78, 5) is 14.1. The molecular weight excluding hydrogens is 356 g/mol. The number of carbonyl (C=O) groups is 1. The third-order valence-corrected chi connectivity index (χ3v) is 7.22. The standard InChI is InChI=1S/C18H22N2O3S2/c21-18(19-12-11-15-7-6-14-24-15)17-10-4-5-13-20(17)25(22,23)16-8-2-1-3-9-16/h1-3,6-9,14,17H,4-5,10-13H2,(H,19,21). The van der Waals surface area contributed by atoms with E-state index < -0.39 is 16.1 Å². The summed E-state index contributed by atoms with van der Waals surface area (Å²) in [5.41, 5.74) is 0. The van der Waals surface area contributed by atoms with Crippen molar-refractivity contribution in [3.8, 4) is 0 Å². The average molecular weight is 379 g/mol. The highest BCUT2D eigenvalue weighted by molar-refractivity contribution is 7.89. The molecule has 134 valence electrons. The van der Waals surface area contributed by atoms with Crippen LogP contribution in [-0.2, 0) is 21.2 Å². The van der Waals surface area contributed by atoms with Crippen molar-refractivity contribution in [1.82, 2.24) is 9.62 Å². The molecule has 0 aliphatic carbocycles. The zero-order chi connectivity index (χ0) is 17.7. The first-order valence-electron chi connectivity index (χ1n) is 8.46. The number of benzene rings is 1. The molecule has 1 aliphatic rings. The quantitative estimate of drug-likeness (QED) is 0.840. The van der Waals surface area contributed by atoms with Gasteiger partial charge in [-0.05, 0) is 42.8 Å². The normalized spacial score (nSPS) is 18.8. The lowest BCUT2D eigenvalue weighted by Gasteiger charge is -2.33. The van der Waals surface area contributed by atoms with E-state index in [1.807, 2.05) is 17.5 Å². The van der Waals surface area contributed by atoms with Gasteiger partial charge in [0.25, 0.3) is 0 Å². The largest absolute Gasteiger partial charge is 0.354 e. The molecule has 1 amide bonds. The first-order chi connectivity index (χ1) is 12.1. The van der Waals surface area contributed by atoms with Crippen LogP contribution in [0, 0.1) is 0 Å². The van der Waals surface area contributed by atoms with Crippen LogP contribution in [0.1, 0.15) is 24.1 Å². The Kier molecular flexibility index (Phi) is 5.88. The number of thiophene rings is 1. The van der Waals surface area contributed by atoms with Crippen LogP contribution in [0.25, 0.3) is 0 Å². The van der Waals surface area contributed by atoms with Crippen LogP contribution in [0.3, 0.4) is 0 Å². The number of nitrogens with zero attached hydrogens (tertiary/aromatic N) is 1. The molecule has 1 saturated heterocycles. The molecule has 1 aromatic carbocycles. The molecule has 3 rings (SSSR count). The zero-order valence-corrected chi connectivity index (χ0v) is 15.6. The second-order valence-electron chi connectivity index (χ2n) is 6.06. The maximum atomic E-state index is 12.9. The molecule has 0 spiro atoms. The van der Waals surface area contributed by atoms with E-state index in [1.165, 1.54) is 9.18 Å². The molecule has 1 N–H and O–H groups in total. The Labute approximate surface area is 152 Å². The smallest absolute Gasteiger partial charge is 0.243 e. The Morgan fingerprint density at radius 1 is 1.16 bits per heavy atom. The molecule has 7 heteroatoms. The molecular formula is C18H22N2O3S2. The van der Waals surface area contributed by atoms with Gasteiger partial charge in [-0.15, -0.1) is 11.3 Å². The van der Waals surface area contributed by atoms with Crippen molar-refractivity contribution in [2.45, 2.75) is 36.6 Å². The van der Waals surface area contributed by atoms with E-state index >= 15 is 0 Å². The van der Waals surface area contributed by atoms with E-state index in [0.29, 0.717) is 19.5 Å². The molecule has 5 nitrogen and oxygen atoms in total. The summed E-state index contributed by atoms with van der Waals surface area (Å²) >= 11 is 1.65. The van der Waals surface area contributed by atoms with E-state index in [-0.39, 0.29) is 10.8 Å². The summed E-state index contributed by atoms with van der Waals surface area (Å²) in [5.74, 6) is -0.198. The van der Waals surface area contributed by atoms with Gasteiger partial charge < -0.3 is 5.32 Å². The van der Waals surface area contributed by atoms with Crippen LogP contribution < -0.4 is 5.32 Å². The number of nitrogens with one attached hydrogen (secondary N) is 1. The number of rotatable bonds is 6. The van der Waals surface area contributed by atoms with Crippen molar-refractivity contribution in [1.29, 1.82) is 0 Å². The highest BCUT2D eigenvalue weighted by atomic mass is 32.2. The van der Waals surface area contributed by atoms with E-state index in [1.54, 1.807) is 41.7 Å². The minimum atomic E-state index is -3.65. The molecule has 1 unspecified atom stereocenters. The summed E-state index contributed by atoms with van der Waals surface area (Å²) in [6.07, 6.45) is 2.98. The predicted molar refractivity (Wildman–Crippen MR) is 99.0 cm³/mol. The van der Waals surface area contributed by atoms with E-state index in [9.17, 15) is 13.2 Å². The van der Waals surface area contributed by atoms with Crippen LogP contribution in [0.4, 0.5) is 0 Å². The third kappa shape index (κ3) is 4.29. The van der Waals surface area contributed by atoms with Crippen LogP contribution in [0.5, 0.6) is 0 Å². The molecule has 0 bridgehead atoms. The van der Waals surface area contributed by atoms with Crippen LogP contribution in [0.2, 0.25) is 0 Å². The fourth-order valence-electron chi connectivity index (χ4n) is 3.06. The zero-order valence-electron chi connectivity index (χ0n) is 13.9. The molecule has 1 atom stereocenters. The molecule has 2 heterocycles. The fourth-order valence-corrected chi connectivity index (χ4v) is 5.45. The molecule has 0 radical (unpaired) electrons. The summed E-state index contributed by atoms with van der Waals surface area (Å²) < 4.78 is 27.2. The van der Waals surface area contributed by atoms with E-state index in [0.717, 1.165) is 19.3 Å². The van der Waals surface area contributed by atoms with Gasteiger partial charge in [0.1, 0.15) is 6.04 Å². The summed E-state index contributed by atoms with van der Waals surface area (Å²) in [6, 6.07) is 11.7. The van der Waals surface area contributed by atoms with Gasteiger partial charge in [-0.25, -0.2) is 8.42 Å². The van der Waals surface area contributed by atoms with Crippen molar-refractivity contribution in [2.24, 2.45) is 0 Å². The van der Waals surface area contributed by atoms with Crippen molar-refractivity contribution in [2.75, 3.05) is 13.1 Å². The van der Waals surface area contributed by atoms with E-state index in [4.69, 9.17) is 0 Å². The van der Waals surface area contributed by atoms with Crippen molar-refractivity contribution >= 4 is 27.3 Å². The van der Waals surface area contributed by atoms with Gasteiger partial charge in [0.15, 0.2) is 0 Å². The monoisotopic (exact) mass is 378 g/mol. The molecule has 25 heavy (non-hydrogen) atoms. The van der Waals surface area contributed by atoms with Gasteiger partial charge in [0.2, 0.25) is 15.9 Å². The SMILES string of the molecule is O=C(NCCc1cccs1)C1CCCCN1S(=O)(=O)c1ccccc1. The summed E-state index contributed by atoms with van der Waals surface area (Å²) in [7, 11) is -3.65. The van der Waals surface area contributed by atoms with Crippen LogP contribution in [0.15, 0.2) is 52.7 Å². The van der Waals surface area contributed by atoms with Gasteiger partial charge in [-0.3, -0.25) is 4.79 Å². The minimum absolute atomic E-state index is 0.198. The lowest BCUT2D eigenvalue weighted by atomic mass is 10.0. The number of sulfonamides is 1.